The Hall–Kier alpha value is -1.10. The number of rotatable bonds is 0. The quantitative estimate of drug-likeness (QED) is 0.332. The molecule has 0 aliphatic heterocycles. The molecule has 7 heavy (non-hydrogen) atoms. The second kappa shape index (κ2) is 3.10. The van der Waals surface area contributed by atoms with E-state index in [1.54, 1.807) is 0 Å². The highest BCUT2D eigenvalue weighted by Gasteiger charge is 1.90. The number of carbonyl (C=O) groups is 2. The molecule has 0 aliphatic rings. The van der Waals surface area contributed by atoms with Gasteiger partial charge < -0.3 is 20.5 Å². The minimum absolute atomic E-state index is 0. The Bertz CT molecular complexity index is 72.1. The Morgan fingerprint density at radius 3 is 1.57 bits per heavy atom. The topological polar surface area (TPSA) is 109 Å². The van der Waals surface area contributed by atoms with Crippen molar-refractivity contribution >= 4 is 11.9 Å². The van der Waals surface area contributed by atoms with Crippen molar-refractivity contribution < 1.29 is 25.3 Å². The second-order valence-corrected chi connectivity index (χ2v) is 0.593. The van der Waals surface area contributed by atoms with E-state index in [4.69, 9.17) is 19.8 Å². The molecule has 0 atom stereocenters. The summed E-state index contributed by atoms with van der Waals surface area (Å²) in [5, 5.41) is 16.3. The molecule has 0 heterocycles. The van der Waals surface area contributed by atoms with Gasteiger partial charge in [0.25, 0.3) is 0 Å². The van der Waals surface area contributed by atoms with Gasteiger partial charge in [-0.1, -0.05) is 0 Å². The highest BCUT2D eigenvalue weighted by molar-refractivity contribution is 6.26. The summed E-state index contributed by atoms with van der Waals surface area (Å²) in [6.07, 6.45) is 0. The van der Waals surface area contributed by atoms with Crippen LogP contribution in [0.5, 0.6) is 0 Å². The number of carbonyl (C=O) groups excluding carboxylic acids is 1. The summed E-state index contributed by atoms with van der Waals surface area (Å²) in [5.74, 6) is -4.01. The normalized spacial score (nSPS) is 6.29. The summed E-state index contributed by atoms with van der Waals surface area (Å²) in [6.45, 7) is 0. The van der Waals surface area contributed by atoms with Gasteiger partial charge in [-0.2, -0.15) is 0 Å². The zero-order valence-electron chi connectivity index (χ0n) is 3.17. The summed E-state index contributed by atoms with van der Waals surface area (Å²) in [7, 11) is 0. The van der Waals surface area contributed by atoms with Crippen LogP contribution in [0.3, 0.4) is 0 Å². The minimum atomic E-state index is -2.07. The van der Waals surface area contributed by atoms with Crippen molar-refractivity contribution in [1.82, 2.24) is 0 Å². The largest absolute Gasteiger partial charge is 0.539 e. The van der Waals surface area contributed by atoms with Gasteiger partial charge in [-0.05, 0) is 0 Å². The van der Waals surface area contributed by atoms with Gasteiger partial charge in [0.2, 0.25) is 0 Å². The number of aliphatic carboxylic acids is 2. The maximum Gasteiger partial charge on any atom is 0.351 e. The van der Waals surface area contributed by atoms with E-state index < -0.39 is 11.9 Å². The summed E-state index contributed by atoms with van der Waals surface area (Å²) in [4.78, 5) is 18.0. The zero-order valence-corrected chi connectivity index (χ0v) is 3.17. The number of hydrogen-bond donors (Lipinski definition) is 1. The van der Waals surface area contributed by atoms with E-state index in [-0.39, 0.29) is 5.48 Å². The molecule has 0 saturated carbocycles. The molecule has 0 bridgehead atoms. The van der Waals surface area contributed by atoms with Crippen LogP contribution in [-0.2, 0) is 9.59 Å². The molecule has 0 aromatic rings. The Morgan fingerprint density at radius 1 is 1.43 bits per heavy atom. The fourth-order valence-electron chi connectivity index (χ4n) is 0. The first-order chi connectivity index (χ1) is 2.64. The van der Waals surface area contributed by atoms with Crippen molar-refractivity contribution in [3.8, 4) is 0 Å². The van der Waals surface area contributed by atoms with Crippen molar-refractivity contribution in [2.45, 2.75) is 0 Å². The summed E-state index contributed by atoms with van der Waals surface area (Å²) in [6, 6.07) is 0. The molecule has 0 aromatic carbocycles. The molecule has 0 fully saturated rings. The molecule has 0 amide bonds. The smallest absolute Gasteiger partial charge is 0.351 e. The van der Waals surface area contributed by atoms with Crippen LogP contribution < -0.4 is 5.11 Å². The standard InChI is InChI=1S/C2H2O4.H2O/c3-1(4)2(5)6;/h(H,3,4)(H,5,6);1H2/p-1. The molecular formula is C2H3O5-. The molecular weight excluding hydrogens is 104 g/mol. The van der Waals surface area contributed by atoms with Gasteiger partial charge in [0.15, 0.2) is 5.97 Å². The molecule has 0 radical (unpaired) electrons. The fraction of sp³-hybridized carbons (Fsp3) is 0. The van der Waals surface area contributed by atoms with Crippen molar-refractivity contribution in [3.63, 3.8) is 0 Å². The van der Waals surface area contributed by atoms with E-state index in [0.29, 0.717) is 0 Å². The van der Waals surface area contributed by atoms with Crippen molar-refractivity contribution in [1.29, 1.82) is 0 Å². The van der Waals surface area contributed by atoms with Gasteiger partial charge in [-0.15, -0.1) is 0 Å². The lowest BCUT2D eigenvalue weighted by atomic mass is 10.7. The third-order valence-electron chi connectivity index (χ3n) is 0.175. The lowest BCUT2D eigenvalue weighted by Gasteiger charge is -1.85. The lowest BCUT2D eigenvalue weighted by Crippen LogP contribution is -2.30. The molecule has 3 N–H and O–H groups in total. The molecule has 0 aromatic heterocycles. The second-order valence-electron chi connectivity index (χ2n) is 0.593. The molecule has 0 aliphatic carbocycles. The van der Waals surface area contributed by atoms with E-state index in [9.17, 15) is 0 Å². The van der Waals surface area contributed by atoms with E-state index in [2.05, 4.69) is 0 Å². The first kappa shape index (κ1) is 9.31. The van der Waals surface area contributed by atoms with Gasteiger partial charge in [-0.25, -0.2) is 4.79 Å². The summed E-state index contributed by atoms with van der Waals surface area (Å²) >= 11 is 0. The monoisotopic (exact) mass is 107 g/mol. The average molecular weight is 107 g/mol. The molecule has 0 unspecified atom stereocenters. The number of carboxylic acids is 2. The van der Waals surface area contributed by atoms with Crippen LogP contribution in [0.2, 0.25) is 0 Å². The van der Waals surface area contributed by atoms with Crippen LogP contribution in [-0.4, -0.2) is 22.5 Å². The number of hydrogen-bond acceptors (Lipinski definition) is 3. The summed E-state index contributed by atoms with van der Waals surface area (Å²) < 4.78 is 0. The molecule has 0 rings (SSSR count). The van der Waals surface area contributed by atoms with Gasteiger partial charge in [-0.3, -0.25) is 0 Å². The van der Waals surface area contributed by atoms with Crippen LogP contribution in [0.25, 0.3) is 0 Å². The minimum Gasteiger partial charge on any atom is -0.539 e. The predicted molar refractivity (Wildman–Crippen MR) is 16.3 cm³/mol. The van der Waals surface area contributed by atoms with Crippen molar-refractivity contribution in [2.75, 3.05) is 0 Å². The number of carboxylic acid groups (broad SMARTS) is 2. The van der Waals surface area contributed by atoms with Crippen LogP contribution in [0, 0.1) is 0 Å². The first-order valence-corrected chi connectivity index (χ1v) is 1.09. The maximum absolute atomic E-state index is 9.04. The zero-order chi connectivity index (χ0) is 5.15. The first-order valence-electron chi connectivity index (χ1n) is 1.09. The van der Waals surface area contributed by atoms with E-state index in [0.717, 1.165) is 0 Å². The van der Waals surface area contributed by atoms with E-state index in [1.165, 1.54) is 0 Å². The molecule has 0 spiro atoms. The maximum atomic E-state index is 9.04. The average Bonchev–Trinajstić information content (AvgIpc) is 1.36. The Morgan fingerprint density at radius 2 is 1.57 bits per heavy atom. The molecule has 5 nitrogen and oxygen atoms in total. The van der Waals surface area contributed by atoms with Crippen LogP contribution in [0.15, 0.2) is 0 Å². The SMILES string of the molecule is O.O=C([O-])C(=O)O. The fourth-order valence-corrected chi connectivity index (χ4v) is 0. The van der Waals surface area contributed by atoms with E-state index in [1.807, 2.05) is 0 Å². The van der Waals surface area contributed by atoms with Crippen molar-refractivity contribution in [2.24, 2.45) is 0 Å². The van der Waals surface area contributed by atoms with Gasteiger partial charge in [0.05, 0.1) is 0 Å². The van der Waals surface area contributed by atoms with Crippen LogP contribution >= 0.6 is 0 Å². The van der Waals surface area contributed by atoms with E-state index >= 15 is 0 Å². The van der Waals surface area contributed by atoms with Crippen LogP contribution in [0.4, 0.5) is 0 Å². The summed E-state index contributed by atoms with van der Waals surface area (Å²) in [5.41, 5.74) is 0. The van der Waals surface area contributed by atoms with Crippen LogP contribution in [0.1, 0.15) is 0 Å². The third-order valence-corrected chi connectivity index (χ3v) is 0.175. The Labute approximate surface area is 38.5 Å². The Kier molecular flexibility index (Phi) is 4.13. The van der Waals surface area contributed by atoms with Gasteiger partial charge in [0, 0.05) is 0 Å². The third kappa shape index (κ3) is 4.90. The van der Waals surface area contributed by atoms with Gasteiger partial charge in [0.1, 0.15) is 0 Å². The van der Waals surface area contributed by atoms with Gasteiger partial charge >= 0.3 is 5.97 Å². The Balaban J connectivity index is 0. The molecule has 0 saturated heterocycles. The van der Waals surface area contributed by atoms with Crippen molar-refractivity contribution in [3.05, 3.63) is 0 Å². The highest BCUT2D eigenvalue weighted by Crippen LogP contribution is 1.49. The molecule has 42 valence electrons. The highest BCUT2D eigenvalue weighted by atomic mass is 16.4. The lowest BCUT2D eigenvalue weighted by molar-refractivity contribution is -0.303. The molecule has 5 heteroatoms. The predicted octanol–water partition coefficient (Wildman–Crippen LogP) is -3.00.